The second kappa shape index (κ2) is 6.61. The number of nitrogens with zero attached hydrogens (tertiary/aromatic N) is 2. The third-order valence-electron chi connectivity index (χ3n) is 2.22. The summed E-state index contributed by atoms with van der Waals surface area (Å²) in [5, 5.41) is 8.01. The SMILES string of the molecule is Brc1ccc(C=NN=Cc2ccc(Br)cc2)cc1. The molecule has 0 atom stereocenters. The van der Waals surface area contributed by atoms with Crippen LogP contribution in [0.2, 0.25) is 0 Å². The molecule has 90 valence electrons. The average molecular weight is 366 g/mol. The van der Waals surface area contributed by atoms with E-state index in [2.05, 4.69) is 42.1 Å². The van der Waals surface area contributed by atoms with Crippen LogP contribution in [0, 0.1) is 0 Å². The molecule has 0 aromatic heterocycles. The maximum absolute atomic E-state index is 4.01. The Kier molecular flexibility index (Phi) is 4.84. The number of benzene rings is 2. The molecule has 0 saturated carbocycles. The van der Waals surface area contributed by atoms with Crippen molar-refractivity contribution in [2.75, 3.05) is 0 Å². The topological polar surface area (TPSA) is 24.7 Å². The predicted molar refractivity (Wildman–Crippen MR) is 83.5 cm³/mol. The summed E-state index contributed by atoms with van der Waals surface area (Å²) in [5.74, 6) is 0. The van der Waals surface area contributed by atoms with Gasteiger partial charge in [0.1, 0.15) is 0 Å². The summed E-state index contributed by atoms with van der Waals surface area (Å²) in [5.41, 5.74) is 2.04. The molecular weight excluding hydrogens is 356 g/mol. The summed E-state index contributed by atoms with van der Waals surface area (Å²) in [6.07, 6.45) is 3.45. The van der Waals surface area contributed by atoms with Gasteiger partial charge in [0, 0.05) is 8.95 Å². The molecule has 0 unspecified atom stereocenters. The van der Waals surface area contributed by atoms with Gasteiger partial charge in [-0.25, -0.2) is 0 Å². The lowest BCUT2D eigenvalue weighted by Gasteiger charge is -1.92. The molecule has 18 heavy (non-hydrogen) atoms. The Morgan fingerprint density at radius 3 is 1.28 bits per heavy atom. The highest BCUT2D eigenvalue weighted by Gasteiger charge is 1.88. The number of hydrogen-bond donors (Lipinski definition) is 0. The Morgan fingerprint density at radius 1 is 0.611 bits per heavy atom. The van der Waals surface area contributed by atoms with E-state index in [4.69, 9.17) is 0 Å². The molecule has 0 aliphatic heterocycles. The predicted octanol–water partition coefficient (Wildman–Crippen LogP) is 4.66. The zero-order chi connectivity index (χ0) is 12.8. The molecule has 4 heteroatoms. The summed E-state index contributed by atoms with van der Waals surface area (Å²) in [4.78, 5) is 0. The Hall–Kier alpha value is -1.26. The van der Waals surface area contributed by atoms with Crippen molar-refractivity contribution in [3.63, 3.8) is 0 Å². The fraction of sp³-hybridized carbons (Fsp3) is 0. The summed E-state index contributed by atoms with van der Waals surface area (Å²) in [6.45, 7) is 0. The Balaban J connectivity index is 1.98. The number of halogens is 2. The normalized spacial score (nSPS) is 11.4. The van der Waals surface area contributed by atoms with Crippen LogP contribution in [-0.2, 0) is 0 Å². The average Bonchev–Trinajstić information content (AvgIpc) is 2.39. The quantitative estimate of drug-likeness (QED) is 0.558. The molecule has 0 spiro atoms. The van der Waals surface area contributed by atoms with E-state index in [0.717, 1.165) is 20.1 Å². The van der Waals surface area contributed by atoms with Crippen LogP contribution in [0.3, 0.4) is 0 Å². The summed E-state index contributed by atoms with van der Waals surface area (Å²) < 4.78 is 2.11. The molecular formula is C14H10Br2N2. The molecule has 0 amide bonds. The number of rotatable bonds is 3. The van der Waals surface area contributed by atoms with E-state index in [9.17, 15) is 0 Å². The van der Waals surface area contributed by atoms with Crippen LogP contribution in [0.15, 0.2) is 67.7 Å². The number of hydrogen-bond acceptors (Lipinski definition) is 2. The van der Waals surface area contributed by atoms with Crippen molar-refractivity contribution in [1.29, 1.82) is 0 Å². The van der Waals surface area contributed by atoms with E-state index < -0.39 is 0 Å². The second-order valence-electron chi connectivity index (χ2n) is 3.59. The molecule has 0 bridgehead atoms. The Labute approximate surface area is 123 Å². The first-order valence-electron chi connectivity index (χ1n) is 5.31. The summed E-state index contributed by atoms with van der Waals surface area (Å²) in [7, 11) is 0. The monoisotopic (exact) mass is 364 g/mol. The molecule has 2 aromatic rings. The van der Waals surface area contributed by atoms with E-state index in [-0.39, 0.29) is 0 Å². The van der Waals surface area contributed by atoms with Gasteiger partial charge in [0.05, 0.1) is 12.4 Å². The van der Waals surface area contributed by atoms with Crippen molar-refractivity contribution in [2.24, 2.45) is 10.2 Å². The highest BCUT2D eigenvalue weighted by molar-refractivity contribution is 9.10. The van der Waals surface area contributed by atoms with E-state index in [1.807, 2.05) is 48.5 Å². The Bertz CT molecular complexity index is 504. The van der Waals surface area contributed by atoms with Crippen molar-refractivity contribution in [3.8, 4) is 0 Å². The lowest BCUT2D eigenvalue weighted by Crippen LogP contribution is -1.81. The molecule has 0 fully saturated rings. The molecule has 0 N–H and O–H groups in total. The first kappa shape index (κ1) is 13.2. The first-order valence-corrected chi connectivity index (χ1v) is 6.90. The lowest BCUT2D eigenvalue weighted by molar-refractivity contribution is 1.26. The molecule has 2 nitrogen and oxygen atoms in total. The molecule has 0 aliphatic rings. The summed E-state index contributed by atoms with van der Waals surface area (Å²) in [6, 6.07) is 15.8. The minimum atomic E-state index is 1.02. The van der Waals surface area contributed by atoms with Crippen molar-refractivity contribution in [2.45, 2.75) is 0 Å². The molecule has 0 saturated heterocycles. The van der Waals surface area contributed by atoms with Crippen molar-refractivity contribution < 1.29 is 0 Å². The van der Waals surface area contributed by atoms with Gasteiger partial charge in [0.15, 0.2) is 0 Å². The van der Waals surface area contributed by atoms with Crippen LogP contribution in [-0.4, -0.2) is 12.4 Å². The lowest BCUT2D eigenvalue weighted by atomic mass is 10.2. The largest absolute Gasteiger partial charge is 0.159 e. The highest BCUT2D eigenvalue weighted by Crippen LogP contribution is 2.10. The van der Waals surface area contributed by atoms with E-state index in [0.29, 0.717) is 0 Å². The third kappa shape index (κ3) is 4.20. The first-order chi connectivity index (χ1) is 8.74. The molecule has 0 aliphatic carbocycles. The maximum atomic E-state index is 4.01. The smallest absolute Gasteiger partial charge is 0.0568 e. The Morgan fingerprint density at radius 2 is 0.944 bits per heavy atom. The van der Waals surface area contributed by atoms with Crippen LogP contribution in [0.4, 0.5) is 0 Å². The molecule has 0 heterocycles. The maximum Gasteiger partial charge on any atom is 0.0568 e. The van der Waals surface area contributed by atoms with Crippen LogP contribution >= 0.6 is 31.9 Å². The van der Waals surface area contributed by atoms with Gasteiger partial charge in [-0.15, -0.1) is 0 Å². The van der Waals surface area contributed by atoms with Gasteiger partial charge in [-0.1, -0.05) is 56.1 Å². The van der Waals surface area contributed by atoms with Gasteiger partial charge in [-0.3, -0.25) is 0 Å². The zero-order valence-corrected chi connectivity index (χ0v) is 12.6. The van der Waals surface area contributed by atoms with Crippen LogP contribution in [0.5, 0.6) is 0 Å². The highest BCUT2D eigenvalue weighted by atomic mass is 79.9. The van der Waals surface area contributed by atoms with Gasteiger partial charge >= 0.3 is 0 Å². The standard InChI is InChI=1S/C14H10Br2N2/c15-13-5-1-11(2-6-13)9-17-18-10-12-3-7-14(16)8-4-12/h1-10H. The van der Waals surface area contributed by atoms with Gasteiger partial charge in [0.25, 0.3) is 0 Å². The third-order valence-corrected chi connectivity index (χ3v) is 3.28. The zero-order valence-electron chi connectivity index (χ0n) is 9.42. The van der Waals surface area contributed by atoms with Crippen LogP contribution < -0.4 is 0 Å². The fourth-order valence-electron chi connectivity index (χ4n) is 1.30. The van der Waals surface area contributed by atoms with Crippen molar-refractivity contribution in [1.82, 2.24) is 0 Å². The molecule has 0 radical (unpaired) electrons. The molecule has 2 aromatic carbocycles. The fourth-order valence-corrected chi connectivity index (χ4v) is 1.83. The van der Waals surface area contributed by atoms with Gasteiger partial charge < -0.3 is 0 Å². The van der Waals surface area contributed by atoms with Crippen molar-refractivity contribution in [3.05, 3.63) is 68.6 Å². The van der Waals surface area contributed by atoms with Gasteiger partial charge in [0.2, 0.25) is 0 Å². The van der Waals surface area contributed by atoms with Gasteiger partial charge in [-0.05, 0) is 35.4 Å². The van der Waals surface area contributed by atoms with E-state index >= 15 is 0 Å². The van der Waals surface area contributed by atoms with E-state index in [1.54, 1.807) is 12.4 Å². The van der Waals surface area contributed by atoms with Gasteiger partial charge in [-0.2, -0.15) is 10.2 Å². The van der Waals surface area contributed by atoms with E-state index in [1.165, 1.54) is 0 Å². The summed E-state index contributed by atoms with van der Waals surface area (Å²) >= 11 is 6.77. The molecule has 2 rings (SSSR count). The minimum absolute atomic E-state index is 1.02. The van der Waals surface area contributed by atoms with Crippen LogP contribution in [0.1, 0.15) is 11.1 Å². The minimum Gasteiger partial charge on any atom is -0.159 e. The van der Waals surface area contributed by atoms with Crippen molar-refractivity contribution >= 4 is 44.3 Å². The van der Waals surface area contributed by atoms with Crippen LogP contribution in [0.25, 0.3) is 0 Å². The second-order valence-corrected chi connectivity index (χ2v) is 5.42.